The number of hydrogen-bond donors (Lipinski definition) is 2. The molecule has 6 nitrogen and oxygen atoms in total. The molecule has 0 aromatic heterocycles. The third kappa shape index (κ3) is 2.89. The van der Waals surface area contributed by atoms with Crippen molar-refractivity contribution in [2.24, 2.45) is 23.5 Å². The molecule has 0 saturated carbocycles. The smallest absolute Gasteiger partial charge is 0.320 e. The summed E-state index contributed by atoms with van der Waals surface area (Å²) in [6.07, 6.45) is 1.80. The van der Waals surface area contributed by atoms with Gasteiger partial charge in [-0.25, -0.2) is 0 Å². The van der Waals surface area contributed by atoms with Gasteiger partial charge in [-0.3, -0.25) is 14.5 Å². The highest BCUT2D eigenvalue weighted by Crippen LogP contribution is 2.43. The zero-order chi connectivity index (χ0) is 15.8. The second-order valence-electron chi connectivity index (χ2n) is 6.49. The van der Waals surface area contributed by atoms with Gasteiger partial charge in [0.2, 0.25) is 0 Å². The summed E-state index contributed by atoms with van der Waals surface area (Å²) in [7, 11) is 1.59. The maximum Gasteiger partial charge on any atom is 0.320 e. The monoisotopic (exact) mass is 334 g/mol. The van der Waals surface area contributed by atoms with E-state index in [0.29, 0.717) is 6.61 Å². The number of carboxylic acids is 1. The number of carboxylic acid groups (broad SMARTS) is 1. The van der Waals surface area contributed by atoms with Crippen LogP contribution in [0.1, 0.15) is 26.7 Å². The molecule has 3 aliphatic heterocycles. The van der Waals surface area contributed by atoms with Gasteiger partial charge in [-0.05, 0) is 37.8 Å². The first-order valence-corrected chi connectivity index (χ1v) is 7.63. The summed E-state index contributed by atoms with van der Waals surface area (Å²) >= 11 is 0. The van der Waals surface area contributed by atoms with E-state index in [0.717, 1.165) is 25.9 Å². The molecule has 0 spiro atoms. The summed E-state index contributed by atoms with van der Waals surface area (Å²) in [6.45, 7) is 5.81. The van der Waals surface area contributed by atoms with E-state index >= 15 is 0 Å². The Balaban J connectivity index is 0.00000242. The summed E-state index contributed by atoms with van der Waals surface area (Å²) in [4.78, 5) is 26.3. The van der Waals surface area contributed by atoms with Crippen LogP contribution in [0.25, 0.3) is 0 Å². The average molecular weight is 335 g/mol. The summed E-state index contributed by atoms with van der Waals surface area (Å²) in [5, 5.41) is 9.16. The third-order valence-electron chi connectivity index (χ3n) is 5.61. The van der Waals surface area contributed by atoms with Gasteiger partial charge >= 0.3 is 5.97 Å². The molecule has 3 N–H and O–H groups in total. The number of methoxy groups -OCH3 is 1. The summed E-state index contributed by atoms with van der Waals surface area (Å²) in [6, 6.07) is -0.969. The standard InChI is InChI=1S/C15H26N2O4.ClH/c1-9(12(16)14(19)20)10(2)15(8-21-3)13(18)11-4-6-17(15)7-5-11;/h9-12H,4-8,16H2,1-3H3,(H,19,20);1H/t9?,10?,12-,15?;/m0./s1. The number of carbonyl (C=O) groups is 2. The lowest BCUT2D eigenvalue weighted by atomic mass is 9.64. The number of ether oxygens (including phenoxy) is 1. The number of aliphatic carboxylic acids is 1. The number of carbonyl (C=O) groups excluding carboxylic acids is 1. The van der Waals surface area contributed by atoms with Crippen LogP contribution in [-0.2, 0) is 14.3 Å². The molecular formula is C15H27ClN2O4. The fourth-order valence-corrected chi connectivity index (χ4v) is 4.05. The molecule has 3 saturated heterocycles. The lowest BCUT2D eigenvalue weighted by Crippen LogP contribution is -2.71. The van der Waals surface area contributed by atoms with E-state index in [1.807, 2.05) is 13.8 Å². The van der Waals surface area contributed by atoms with E-state index in [4.69, 9.17) is 15.6 Å². The van der Waals surface area contributed by atoms with Crippen LogP contribution >= 0.6 is 12.4 Å². The molecule has 3 rings (SSSR count). The van der Waals surface area contributed by atoms with Crippen molar-refractivity contribution in [3.63, 3.8) is 0 Å². The normalized spacial score (nSPS) is 34.6. The predicted octanol–water partition coefficient (Wildman–Crippen LogP) is 0.772. The van der Waals surface area contributed by atoms with Gasteiger partial charge in [0.15, 0.2) is 5.78 Å². The molecule has 2 bridgehead atoms. The second kappa shape index (κ2) is 7.25. The molecular weight excluding hydrogens is 308 g/mol. The number of halogens is 1. The zero-order valence-corrected chi connectivity index (χ0v) is 14.3. The minimum absolute atomic E-state index is 0. The van der Waals surface area contributed by atoms with Gasteiger partial charge in [0.05, 0.1) is 6.61 Å². The zero-order valence-electron chi connectivity index (χ0n) is 13.4. The fourth-order valence-electron chi connectivity index (χ4n) is 4.05. The van der Waals surface area contributed by atoms with E-state index in [1.165, 1.54) is 0 Å². The molecule has 0 aromatic carbocycles. The maximum atomic E-state index is 12.9. The lowest BCUT2D eigenvalue weighted by molar-refractivity contribution is -0.164. The van der Waals surface area contributed by atoms with Crippen molar-refractivity contribution in [2.75, 3.05) is 26.8 Å². The predicted molar refractivity (Wildman–Crippen MR) is 85.1 cm³/mol. The molecule has 0 aromatic rings. The van der Waals surface area contributed by atoms with Crippen LogP contribution in [0.4, 0.5) is 0 Å². The molecule has 128 valence electrons. The van der Waals surface area contributed by atoms with Crippen molar-refractivity contribution < 1.29 is 19.4 Å². The van der Waals surface area contributed by atoms with Crippen molar-refractivity contribution in [3.05, 3.63) is 0 Å². The molecule has 22 heavy (non-hydrogen) atoms. The summed E-state index contributed by atoms with van der Waals surface area (Å²) in [5.74, 6) is -1.20. The Hall–Kier alpha value is -0.690. The highest BCUT2D eigenvalue weighted by molar-refractivity contribution is 5.92. The number of nitrogens with two attached hydrogens (primary N) is 1. The maximum absolute atomic E-state index is 12.9. The molecule has 0 aliphatic carbocycles. The summed E-state index contributed by atoms with van der Waals surface area (Å²) < 4.78 is 5.37. The van der Waals surface area contributed by atoms with Crippen LogP contribution in [0.5, 0.6) is 0 Å². The molecule has 0 radical (unpaired) electrons. The molecule has 0 amide bonds. The Bertz CT molecular complexity index is 426. The van der Waals surface area contributed by atoms with Crippen LogP contribution in [0.3, 0.4) is 0 Å². The minimum Gasteiger partial charge on any atom is -0.480 e. The van der Waals surface area contributed by atoms with E-state index < -0.39 is 17.6 Å². The van der Waals surface area contributed by atoms with Gasteiger partial charge in [-0.2, -0.15) is 0 Å². The van der Waals surface area contributed by atoms with Gasteiger partial charge in [0.25, 0.3) is 0 Å². The van der Waals surface area contributed by atoms with E-state index in [1.54, 1.807) is 7.11 Å². The van der Waals surface area contributed by atoms with E-state index in [9.17, 15) is 9.59 Å². The fraction of sp³-hybridized carbons (Fsp3) is 0.867. The second-order valence-corrected chi connectivity index (χ2v) is 6.49. The van der Waals surface area contributed by atoms with Crippen LogP contribution in [0.2, 0.25) is 0 Å². The number of hydrogen-bond acceptors (Lipinski definition) is 5. The van der Waals surface area contributed by atoms with Crippen molar-refractivity contribution >= 4 is 24.2 Å². The van der Waals surface area contributed by atoms with Crippen molar-refractivity contribution in [1.29, 1.82) is 0 Å². The van der Waals surface area contributed by atoms with Gasteiger partial charge in [0.1, 0.15) is 11.6 Å². The molecule has 3 heterocycles. The SMILES string of the molecule is COCC1(C(C)C(C)[C@H](N)C(=O)O)C(=O)C2CCN1CC2.Cl. The molecule has 3 unspecified atom stereocenters. The highest BCUT2D eigenvalue weighted by Gasteiger charge is 2.57. The molecule has 3 fully saturated rings. The number of Topliss-reactive ketones (excluding diaryl/α,β-unsaturated/α-hetero) is 1. The van der Waals surface area contributed by atoms with Gasteiger partial charge < -0.3 is 15.6 Å². The number of fused-ring (bicyclic) bond motifs is 3. The number of nitrogens with zero attached hydrogens (tertiary/aromatic N) is 1. The number of piperidine rings is 3. The third-order valence-corrected chi connectivity index (χ3v) is 5.61. The highest BCUT2D eigenvalue weighted by atomic mass is 35.5. The van der Waals surface area contributed by atoms with Crippen molar-refractivity contribution in [1.82, 2.24) is 4.90 Å². The number of rotatable bonds is 6. The van der Waals surface area contributed by atoms with Gasteiger partial charge in [-0.15, -0.1) is 12.4 Å². The molecule has 4 atom stereocenters. The van der Waals surface area contributed by atoms with Crippen molar-refractivity contribution in [2.45, 2.75) is 38.3 Å². The quantitative estimate of drug-likeness (QED) is 0.745. The molecule has 7 heteroatoms. The Morgan fingerprint density at radius 3 is 2.41 bits per heavy atom. The number of ketones is 1. The average Bonchev–Trinajstić information content (AvgIpc) is 2.49. The first kappa shape index (κ1) is 19.4. The Morgan fingerprint density at radius 1 is 1.45 bits per heavy atom. The summed E-state index contributed by atoms with van der Waals surface area (Å²) in [5.41, 5.74) is 5.08. The first-order chi connectivity index (χ1) is 9.86. The van der Waals surface area contributed by atoms with E-state index in [-0.39, 0.29) is 35.9 Å². The van der Waals surface area contributed by atoms with Gasteiger partial charge in [0, 0.05) is 13.0 Å². The first-order valence-electron chi connectivity index (χ1n) is 7.63. The topological polar surface area (TPSA) is 92.9 Å². The van der Waals surface area contributed by atoms with E-state index in [2.05, 4.69) is 4.90 Å². The van der Waals surface area contributed by atoms with Gasteiger partial charge in [-0.1, -0.05) is 13.8 Å². The van der Waals surface area contributed by atoms with Crippen molar-refractivity contribution in [3.8, 4) is 0 Å². The van der Waals surface area contributed by atoms with Crippen LogP contribution in [-0.4, -0.2) is 60.1 Å². The van der Waals surface area contributed by atoms with Crippen LogP contribution < -0.4 is 5.73 Å². The lowest BCUT2D eigenvalue weighted by Gasteiger charge is -2.56. The Kier molecular flexibility index (Phi) is 6.38. The Morgan fingerprint density at radius 2 is 2.00 bits per heavy atom. The Labute approximate surface area is 137 Å². The largest absolute Gasteiger partial charge is 0.480 e. The van der Waals surface area contributed by atoms with Crippen LogP contribution in [0, 0.1) is 17.8 Å². The molecule has 3 aliphatic rings. The minimum atomic E-state index is -1.02. The van der Waals surface area contributed by atoms with Crippen LogP contribution in [0.15, 0.2) is 0 Å².